The van der Waals surface area contributed by atoms with E-state index < -0.39 is 0 Å². The highest BCUT2D eigenvalue weighted by molar-refractivity contribution is 7.99. The Labute approximate surface area is 122 Å². The van der Waals surface area contributed by atoms with Gasteiger partial charge in [-0.15, -0.1) is 0 Å². The van der Waals surface area contributed by atoms with Crippen LogP contribution in [-0.2, 0) is 0 Å². The Morgan fingerprint density at radius 3 is 2.68 bits per heavy atom. The van der Waals surface area contributed by atoms with Gasteiger partial charge < -0.3 is 5.32 Å². The molecular formula is C14H16ClN3S. The van der Waals surface area contributed by atoms with Crippen molar-refractivity contribution in [3.8, 4) is 0 Å². The van der Waals surface area contributed by atoms with Gasteiger partial charge in [0.15, 0.2) is 5.16 Å². The lowest BCUT2D eigenvalue weighted by molar-refractivity contribution is 0.598. The minimum atomic E-state index is 0.254. The van der Waals surface area contributed by atoms with Crippen LogP contribution in [0, 0.1) is 0 Å². The Kier molecular flexibility index (Phi) is 5.19. The monoisotopic (exact) mass is 293 g/mol. The topological polar surface area (TPSA) is 37.8 Å². The molecule has 1 heterocycles. The summed E-state index contributed by atoms with van der Waals surface area (Å²) in [4.78, 5) is 9.42. The summed E-state index contributed by atoms with van der Waals surface area (Å²) in [7, 11) is 0. The number of hydrogen-bond donors (Lipinski definition) is 1. The number of benzene rings is 1. The van der Waals surface area contributed by atoms with E-state index in [0.717, 1.165) is 27.2 Å². The lowest BCUT2D eigenvalue weighted by Crippen LogP contribution is -2.17. The summed E-state index contributed by atoms with van der Waals surface area (Å²) in [5.74, 6) is 0. The zero-order valence-corrected chi connectivity index (χ0v) is 12.5. The summed E-state index contributed by atoms with van der Waals surface area (Å²) < 4.78 is 0. The molecule has 0 fully saturated rings. The van der Waals surface area contributed by atoms with Crippen molar-refractivity contribution >= 4 is 23.4 Å². The Hall–Kier alpha value is -1.10. The highest BCUT2D eigenvalue weighted by Crippen LogP contribution is 2.30. The van der Waals surface area contributed by atoms with Gasteiger partial charge in [0.1, 0.15) is 0 Å². The van der Waals surface area contributed by atoms with Crippen LogP contribution in [0.15, 0.2) is 46.7 Å². The predicted molar refractivity (Wildman–Crippen MR) is 79.7 cm³/mol. The molecule has 1 atom stereocenters. The van der Waals surface area contributed by atoms with Crippen LogP contribution in [0.5, 0.6) is 0 Å². The lowest BCUT2D eigenvalue weighted by atomic mass is 10.1. The van der Waals surface area contributed by atoms with E-state index in [4.69, 9.17) is 11.6 Å². The second-order valence-electron chi connectivity index (χ2n) is 4.10. The minimum absolute atomic E-state index is 0.254. The largest absolute Gasteiger partial charge is 0.310 e. The van der Waals surface area contributed by atoms with Crippen LogP contribution < -0.4 is 5.32 Å². The Morgan fingerprint density at radius 1 is 1.32 bits per heavy atom. The van der Waals surface area contributed by atoms with Gasteiger partial charge >= 0.3 is 0 Å². The Morgan fingerprint density at radius 2 is 2.05 bits per heavy atom. The molecule has 0 bridgehead atoms. The molecule has 1 aromatic heterocycles. The van der Waals surface area contributed by atoms with E-state index in [2.05, 4.69) is 41.3 Å². The molecule has 19 heavy (non-hydrogen) atoms. The van der Waals surface area contributed by atoms with Gasteiger partial charge in [-0.25, -0.2) is 9.97 Å². The maximum Gasteiger partial charge on any atom is 0.192 e. The molecule has 3 nitrogen and oxygen atoms in total. The van der Waals surface area contributed by atoms with Gasteiger partial charge in [0.05, 0.1) is 0 Å². The molecule has 0 saturated carbocycles. The number of hydrogen-bond acceptors (Lipinski definition) is 4. The quantitative estimate of drug-likeness (QED) is 0.847. The van der Waals surface area contributed by atoms with Crippen molar-refractivity contribution in [3.63, 3.8) is 0 Å². The van der Waals surface area contributed by atoms with Crippen LogP contribution in [-0.4, -0.2) is 16.5 Å². The van der Waals surface area contributed by atoms with Gasteiger partial charge in [-0.3, -0.25) is 0 Å². The van der Waals surface area contributed by atoms with Crippen LogP contribution >= 0.6 is 23.4 Å². The predicted octanol–water partition coefficient (Wildman–Crippen LogP) is 3.95. The average molecular weight is 294 g/mol. The van der Waals surface area contributed by atoms with Gasteiger partial charge in [-0.05, 0) is 49.0 Å². The van der Waals surface area contributed by atoms with E-state index in [0.29, 0.717) is 0 Å². The van der Waals surface area contributed by atoms with E-state index >= 15 is 0 Å². The summed E-state index contributed by atoms with van der Waals surface area (Å²) in [6, 6.07) is 8.13. The maximum absolute atomic E-state index is 6.33. The number of rotatable bonds is 5. The van der Waals surface area contributed by atoms with Crippen molar-refractivity contribution in [1.82, 2.24) is 15.3 Å². The smallest absolute Gasteiger partial charge is 0.192 e. The van der Waals surface area contributed by atoms with Crippen molar-refractivity contribution in [2.24, 2.45) is 0 Å². The first-order chi connectivity index (χ1) is 9.20. The Bertz CT molecular complexity index is 533. The Balaban J connectivity index is 2.15. The molecule has 5 heteroatoms. The molecule has 2 aromatic rings. The second-order valence-corrected chi connectivity index (χ2v) is 5.54. The number of nitrogens with zero attached hydrogens (tertiary/aromatic N) is 2. The SMILES string of the molecule is CCNC(C)c1ccc(Sc2ncccn2)cc1Cl. The van der Waals surface area contributed by atoms with Crippen molar-refractivity contribution in [2.45, 2.75) is 29.9 Å². The summed E-state index contributed by atoms with van der Waals surface area (Å²) >= 11 is 7.84. The number of nitrogens with one attached hydrogen (secondary N) is 1. The fourth-order valence-electron chi connectivity index (χ4n) is 1.78. The molecule has 0 radical (unpaired) electrons. The third kappa shape index (κ3) is 3.93. The molecule has 0 spiro atoms. The van der Waals surface area contributed by atoms with Gasteiger partial charge in [0.25, 0.3) is 0 Å². The minimum Gasteiger partial charge on any atom is -0.310 e. The molecule has 1 unspecified atom stereocenters. The van der Waals surface area contributed by atoms with Crippen LogP contribution in [0.2, 0.25) is 5.02 Å². The third-order valence-corrected chi connectivity index (χ3v) is 3.91. The zero-order valence-electron chi connectivity index (χ0n) is 10.9. The highest BCUT2D eigenvalue weighted by atomic mass is 35.5. The molecule has 0 aliphatic rings. The molecule has 1 N–H and O–H groups in total. The van der Waals surface area contributed by atoms with Crippen molar-refractivity contribution < 1.29 is 0 Å². The molecule has 1 aromatic carbocycles. The third-order valence-electron chi connectivity index (χ3n) is 2.70. The zero-order chi connectivity index (χ0) is 13.7. The summed E-state index contributed by atoms with van der Waals surface area (Å²) in [6.45, 7) is 5.12. The first-order valence-electron chi connectivity index (χ1n) is 6.18. The standard InChI is InChI=1S/C14H16ClN3S/c1-3-16-10(2)12-6-5-11(9-13(12)15)19-14-17-7-4-8-18-14/h4-10,16H,3H2,1-2H3. The molecule has 0 saturated heterocycles. The van der Waals surface area contributed by atoms with Crippen LogP contribution in [0.25, 0.3) is 0 Å². The molecule has 0 aliphatic heterocycles. The lowest BCUT2D eigenvalue weighted by Gasteiger charge is -2.15. The van der Waals surface area contributed by atoms with E-state index in [-0.39, 0.29) is 6.04 Å². The van der Waals surface area contributed by atoms with Crippen molar-refractivity contribution in [1.29, 1.82) is 0 Å². The van der Waals surface area contributed by atoms with Gasteiger partial charge in [-0.1, -0.05) is 24.6 Å². The summed E-state index contributed by atoms with van der Waals surface area (Å²) in [5, 5.41) is 4.86. The van der Waals surface area contributed by atoms with Gasteiger partial charge in [-0.2, -0.15) is 0 Å². The summed E-state index contributed by atoms with van der Waals surface area (Å²) in [6.07, 6.45) is 3.47. The molecule has 100 valence electrons. The van der Waals surface area contributed by atoms with Gasteiger partial charge in [0, 0.05) is 28.4 Å². The maximum atomic E-state index is 6.33. The average Bonchev–Trinajstić information content (AvgIpc) is 2.40. The first-order valence-corrected chi connectivity index (χ1v) is 7.38. The summed E-state index contributed by atoms with van der Waals surface area (Å²) in [5.41, 5.74) is 1.11. The van der Waals surface area contributed by atoms with Crippen molar-refractivity contribution in [3.05, 3.63) is 47.2 Å². The van der Waals surface area contributed by atoms with E-state index in [1.54, 1.807) is 18.5 Å². The second kappa shape index (κ2) is 6.89. The molecule has 2 rings (SSSR count). The van der Waals surface area contributed by atoms with Crippen LogP contribution in [0.4, 0.5) is 0 Å². The fraction of sp³-hybridized carbons (Fsp3) is 0.286. The van der Waals surface area contributed by atoms with Crippen LogP contribution in [0.1, 0.15) is 25.5 Å². The molecule has 0 aliphatic carbocycles. The first kappa shape index (κ1) is 14.3. The van der Waals surface area contributed by atoms with E-state index in [9.17, 15) is 0 Å². The van der Waals surface area contributed by atoms with Crippen molar-refractivity contribution in [2.75, 3.05) is 6.54 Å². The normalized spacial score (nSPS) is 12.4. The van der Waals surface area contributed by atoms with Crippen LogP contribution in [0.3, 0.4) is 0 Å². The number of aromatic nitrogens is 2. The highest BCUT2D eigenvalue weighted by Gasteiger charge is 2.10. The van der Waals surface area contributed by atoms with Gasteiger partial charge in [0.2, 0.25) is 0 Å². The van der Waals surface area contributed by atoms with E-state index in [1.165, 1.54) is 11.8 Å². The van der Waals surface area contributed by atoms with E-state index in [1.807, 2.05) is 6.07 Å². The number of halogens is 1. The molecule has 0 amide bonds. The molecular weight excluding hydrogens is 278 g/mol. The fourth-order valence-corrected chi connectivity index (χ4v) is 2.94.